The summed E-state index contributed by atoms with van der Waals surface area (Å²) in [5.41, 5.74) is 0.916. The predicted octanol–water partition coefficient (Wildman–Crippen LogP) is 1.08. The van der Waals surface area contributed by atoms with Crippen LogP contribution in [0.15, 0.2) is 24.5 Å². The maximum Gasteiger partial charge on any atom is 0.141 e. The minimum absolute atomic E-state index is 0.141. The Bertz CT molecular complexity index is 223. The summed E-state index contributed by atoms with van der Waals surface area (Å²) < 4.78 is 0. The SMILES string of the molecule is CC(C=O)Nc1ccncc1. The van der Waals surface area contributed by atoms with Gasteiger partial charge in [0, 0.05) is 18.1 Å². The lowest BCUT2D eigenvalue weighted by molar-refractivity contribution is -0.108. The quantitative estimate of drug-likeness (QED) is 0.655. The molecule has 11 heavy (non-hydrogen) atoms. The van der Waals surface area contributed by atoms with Crippen molar-refractivity contribution in [1.82, 2.24) is 4.98 Å². The second-order valence-corrected chi connectivity index (χ2v) is 2.30. The van der Waals surface area contributed by atoms with Gasteiger partial charge in [0.25, 0.3) is 0 Å². The van der Waals surface area contributed by atoms with Crippen molar-refractivity contribution >= 4 is 12.0 Å². The third kappa shape index (κ3) is 2.37. The van der Waals surface area contributed by atoms with Crippen molar-refractivity contribution in [3.8, 4) is 0 Å². The lowest BCUT2D eigenvalue weighted by atomic mass is 10.3. The molecular formula is C8H10N2O. The standard InChI is InChI=1S/C8H10N2O/c1-7(6-11)10-8-2-4-9-5-3-8/h2-7H,1H3,(H,9,10). The van der Waals surface area contributed by atoms with Gasteiger partial charge in [0.15, 0.2) is 0 Å². The van der Waals surface area contributed by atoms with E-state index in [0.717, 1.165) is 12.0 Å². The smallest absolute Gasteiger partial charge is 0.141 e. The van der Waals surface area contributed by atoms with E-state index in [1.807, 2.05) is 12.1 Å². The monoisotopic (exact) mass is 150 g/mol. The highest BCUT2D eigenvalue weighted by molar-refractivity contribution is 5.63. The highest BCUT2D eigenvalue weighted by atomic mass is 16.1. The average molecular weight is 150 g/mol. The number of nitrogens with zero attached hydrogens (tertiary/aromatic N) is 1. The summed E-state index contributed by atoms with van der Waals surface area (Å²) in [6, 6.07) is 3.50. The molecule has 1 rings (SSSR count). The lowest BCUT2D eigenvalue weighted by Crippen LogP contribution is -2.15. The number of aromatic nitrogens is 1. The number of nitrogens with one attached hydrogen (secondary N) is 1. The Morgan fingerprint density at radius 3 is 2.73 bits per heavy atom. The molecule has 1 heterocycles. The average Bonchev–Trinajstić information content (AvgIpc) is 2.06. The fourth-order valence-electron chi connectivity index (χ4n) is 0.745. The molecule has 1 unspecified atom stereocenters. The molecule has 3 heteroatoms. The van der Waals surface area contributed by atoms with Crippen LogP contribution in [-0.4, -0.2) is 17.3 Å². The van der Waals surface area contributed by atoms with Crippen LogP contribution in [-0.2, 0) is 4.79 Å². The third-order valence-electron chi connectivity index (χ3n) is 1.28. The Hall–Kier alpha value is -1.38. The van der Waals surface area contributed by atoms with E-state index in [1.54, 1.807) is 19.3 Å². The van der Waals surface area contributed by atoms with Gasteiger partial charge in [-0.3, -0.25) is 4.98 Å². The van der Waals surface area contributed by atoms with Crippen LogP contribution in [0.25, 0.3) is 0 Å². The first-order valence-electron chi connectivity index (χ1n) is 3.45. The van der Waals surface area contributed by atoms with Crippen molar-refractivity contribution < 1.29 is 4.79 Å². The molecule has 1 aromatic heterocycles. The molecule has 0 bridgehead atoms. The van der Waals surface area contributed by atoms with Gasteiger partial charge >= 0.3 is 0 Å². The van der Waals surface area contributed by atoms with Crippen LogP contribution in [0.2, 0.25) is 0 Å². The summed E-state index contributed by atoms with van der Waals surface area (Å²) in [5, 5.41) is 2.98. The van der Waals surface area contributed by atoms with Gasteiger partial charge in [-0.25, -0.2) is 0 Å². The van der Waals surface area contributed by atoms with E-state index >= 15 is 0 Å². The van der Waals surface area contributed by atoms with Gasteiger partial charge in [-0.2, -0.15) is 0 Å². The molecule has 0 saturated heterocycles. The zero-order valence-corrected chi connectivity index (χ0v) is 6.32. The lowest BCUT2D eigenvalue weighted by Gasteiger charge is -2.06. The summed E-state index contributed by atoms with van der Waals surface area (Å²) in [5.74, 6) is 0. The molecule has 1 atom stereocenters. The van der Waals surface area contributed by atoms with Crippen molar-refractivity contribution in [1.29, 1.82) is 0 Å². The molecule has 0 aliphatic carbocycles. The van der Waals surface area contributed by atoms with Crippen LogP contribution >= 0.6 is 0 Å². The molecule has 0 aromatic carbocycles. The fourth-order valence-corrected chi connectivity index (χ4v) is 0.745. The number of carbonyl (C=O) groups is 1. The van der Waals surface area contributed by atoms with Crippen molar-refractivity contribution in [3.05, 3.63) is 24.5 Å². The summed E-state index contributed by atoms with van der Waals surface area (Å²) in [6.45, 7) is 1.80. The zero-order valence-electron chi connectivity index (χ0n) is 6.32. The molecule has 0 aliphatic heterocycles. The molecule has 0 spiro atoms. The number of hydrogen-bond acceptors (Lipinski definition) is 3. The van der Waals surface area contributed by atoms with Gasteiger partial charge in [-0.05, 0) is 19.1 Å². The van der Waals surface area contributed by atoms with E-state index < -0.39 is 0 Å². The van der Waals surface area contributed by atoms with Crippen molar-refractivity contribution in [2.75, 3.05) is 5.32 Å². The first-order chi connectivity index (χ1) is 5.33. The molecular weight excluding hydrogens is 140 g/mol. The van der Waals surface area contributed by atoms with Crippen LogP contribution in [0.3, 0.4) is 0 Å². The first kappa shape index (κ1) is 7.72. The first-order valence-corrected chi connectivity index (χ1v) is 3.45. The van der Waals surface area contributed by atoms with Crippen molar-refractivity contribution in [2.24, 2.45) is 0 Å². The van der Waals surface area contributed by atoms with Crippen LogP contribution in [0, 0.1) is 0 Å². The van der Waals surface area contributed by atoms with Crippen molar-refractivity contribution in [2.45, 2.75) is 13.0 Å². The van der Waals surface area contributed by atoms with E-state index in [4.69, 9.17) is 0 Å². The minimum Gasteiger partial charge on any atom is -0.376 e. The van der Waals surface area contributed by atoms with Gasteiger partial charge in [0.1, 0.15) is 6.29 Å². The number of hydrogen-bond donors (Lipinski definition) is 1. The van der Waals surface area contributed by atoms with Crippen LogP contribution in [0.5, 0.6) is 0 Å². The van der Waals surface area contributed by atoms with Gasteiger partial charge in [-0.1, -0.05) is 0 Å². The maximum absolute atomic E-state index is 10.2. The Balaban J connectivity index is 2.57. The molecule has 0 amide bonds. The molecule has 0 radical (unpaired) electrons. The van der Waals surface area contributed by atoms with Crippen molar-refractivity contribution in [3.63, 3.8) is 0 Å². The summed E-state index contributed by atoms with van der Waals surface area (Å²) in [6.07, 6.45) is 4.22. The largest absolute Gasteiger partial charge is 0.376 e. The topological polar surface area (TPSA) is 42.0 Å². The van der Waals surface area contributed by atoms with E-state index in [2.05, 4.69) is 10.3 Å². The van der Waals surface area contributed by atoms with Gasteiger partial charge < -0.3 is 10.1 Å². The highest BCUT2D eigenvalue weighted by Gasteiger charge is 1.96. The van der Waals surface area contributed by atoms with Gasteiger partial charge in [-0.15, -0.1) is 0 Å². The molecule has 0 aliphatic rings. The maximum atomic E-state index is 10.2. The van der Waals surface area contributed by atoms with E-state index in [0.29, 0.717) is 0 Å². The van der Waals surface area contributed by atoms with E-state index in [1.165, 1.54) is 0 Å². The number of anilines is 1. The fraction of sp³-hybridized carbons (Fsp3) is 0.250. The molecule has 0 fully saturated rings. The molecule has 0 saturated carbocycles. The highest BCUT2D eigenvalue weighted by Crippen LogP contribution is 2.03. The minimum atomic E-state index is -0.141. The Morgan fingerprint density at radius 2 is 2.18 bits per heavy atom. The van der Waals surface area contributed by atoms with Crippen LogP contribution in [0.4, 0.5) is 5.69 Å². The summed E-state index contributed by atoms with van der Waals surface area (Å²) in [7, 11) is 0. The predicted molar refractivity (Wildman–Crippen MR) is 43.4 cm³/mol. The number of aldehydes is 1. The summed E-state index contributed by atoms with van der Waals surface area (Å²) in [4.78, 5) is 14.1. The number of pyridine rings is 1. The Labute approximate surface area is 65.5 Å². The third-order valence-corrected chi connectivity index (χ3v) is 1.28. The van der Waals surface area contributed by atoms with Crippen LogP contribution in [0.1, 0.15) is 6.92 Å². The Morgan fingerprint density at radius 1 is 1.55 bits per heavy atom. The zero-order chi connectivity index (χ0) is 8.10. The van der Waals surface area contributed by atoms with E-state index in [9.17, 15) is 4.79 Å². The van der Waals surface area contributed by atoms with Gasteiger partial charge in [0.05, 0.1) is 6.04 Å². The van der Waals surface area contributed by atoms with Gasteiger partial charge in [0.2, 0.25) is 0 Å². The molecule has 3 nitrogen and oxygen atoms in total. The second-order valence-electron chi connectivity index (χ2n) is 2.30. The van der Waals surface area contributed by atoms with Crippen LogP contribution < -0.4 is 5.32 Å². The number of rotatable bonds is 3. The van der Waals surface area contributed by atoms with E-state index in [-0.39, 0.29) is 6.04 Å². The molecule has 1 N–H and O–H groups in total. The summed E-state index contributed by atoms with van der Waals surface area (Å²) >= 11 is 0. The number of carbonyl (C=O) groups excluding carboxylic acids is 1. The Kier molecular flexibility index (Phi) is 2.60. The second kappa shape index (κ2) is 3.71. The molecule has 1 aromatic rings. The normalized spacial score (nSPS) is 12.1. The molecule has 58 valence electrons.